The van der Waals surface area contributed by atoms with Crippen LogP contribution in [0.2, 0.25) is 10.3 Å². The number of amides is 5. The number of carbonyl (C=O) groups is 6. The number of sulfonamides is 1. The van der Waals surface area contributed by atoms with Gasteiger partial charge in [-0.25, -0.2) is 28.6 Å². The summed E-state index contributed by atoms with van der Waals surface area (Å²) in [4.78, 5) is 106. The number of rotatable bonds is 22. The van der Waals surface area contributed by atoms with Gasteiger partial charge in [-0.1, -0.05) is 31.4 Å². The van der Waals surface area contributed by atoms with Gasteiger partial charge in [-0.05, 0) is 89.1 Å². The lowest BCUT2D eigenvalue weighted by molar-refractivity contribution is -0.146. The van der Waals surface area contributed by atoms with Crippen LogP contribution in [0.3, 0.4) is 0 Å². The van der Waals surface area contributed by atoms with Crippen LogP contribution in [0.5, 0.6) is 17.5 Å². The maximum Gasteiger partial charge on any atom is 0.344 e. The van der Waals surface area contributed by atoms with Gasteiger partial charge in [0.25, 0.3) is 27.7 Å². The number of carboxylic acids is 1. The van der Waals surface area contributed by atoms with E-state index in [1.807, 2.05) is 27.7 Å². The molecule has 1 aliphatic heterocycles. The normalized spacial score (nSPS) is 13.7. The molecule has 6 rings (SSSR count). The molecule has 2 unspecified atom stereocenters. The average molecular weight is 1230 g/mol. The number of pyridine rings is 1. The molecular formula is C49H67Cl2FN13O15PS. The maximum absolute atomic E-state index is 14.5. The second-order valence-corrected chi connectivity index (χ2v) is 22.9. The summed E-state index contributed by atoms with van der Waals surface area (Å²) in [6.45, 7) is 9.84. The van der Waals surface area contributed by atoms with Gasteiger partial charge in [0, 0.05) is 62.9 Å². The third-order valence-corrected chi connectivity index (χ3v) is 13.6. The number of aliphatic carboxylic acids is 1. The number of carbonyl (C=O) groups excluding carboxylic acids is 5. The number of ether oxygens (including phenoxy) is 4. The third-order valence-electron chi connectivity index (χ3n) is 10.7. The Hall–Kier alpha value is -7.37. The number of unbranched alkanes of at least 4 members (excludes halogenated alkanes) is 2. The van der Waals surface area contributed by atoms with Crippen LogP contribution in [-0.4, -0.2) is 162 Å². The highest BCUT2D eigenvalue weighted by molar-refractivity contribution is 7.90. The van der Waals surface area contributed by atoms with Crippen LogP contribution in [0.25, 0.3) is 0 Å². The second kappa shape index (κ2) is 32.9. The highest BCUT2D eigenvalue weighted by Gasteiger charge is 2.41. The fraction of sp³-hybridized carbons (Fsp3) is 0.469. The van der Waals surface area contributed by atoms with Crippen LogP contribution >= 0.6 is 30.6 Å². The number of urea groups is 1. The highest BCUT2D eigenvalue weighted by atomic mass is 35.5. The van der Waals surface area contributed by atoms with E-state index in [1.165, 1.54) is 70.3 Å². The molecule has 4 heterocycles. The van der Waals surface area contributed by atoms with Gasteiger partial charge in [-0.3, -0.25) is 29.1 Å². The van der Waals surface area contributed by atoms with Crippen molar-refractivity contribution in [2.24, 2.45) is 5.73 Å². The van der Waals surface area contributed by atoms with Crippen LogP contribution in [-0.2, 0) is 38.5 Å². The van der Waals surface area contributed by atoms with E-state index in [2.05, 4.69) is 45.9 Å². The summed E-state index contributed by atoms with van der Waals surface area (Å²) in [7, 11) is -1.95. The first-order valence-corrected chi connectivity index (χ1v) is 29.6. The van der Waals surface area contributed by atoms with Crippen molar-refractivity contribution < 1.29 is 75.1 Å². The van der Waals surface area contributed by atoms with Gasteiger partial charge in [0.15, 0.2) is 19.0 Å². The molecule has 0 bridgehead atoms. The summed E-state index contributed by atoms with van der Waals surface area (Å²) < 4.78 is 72.3. The van der Waals surface area contributed by atoms with Gasteiger partial charge in [0.2, 0.25) is 34.9 Å². The number of halogens is 3. The Morgan fingerprint density at radius 1 is 0.927 bits per heavy atom. The minimum Gasteiger partial charge on any atom is -0.481 e. The summed E-state index contributed by atoms with van der Waals surface area (Å²) in [5.74, 6) is -3.21. The summed E-state index contributed by atoms with van der Waals surface area (Å²) in [5.41, 5.74) is 5.58. The molecule has 33 heteroatoms. The van der Waals surface area contributed by atoms with E-state index in [9.17, 15) is 46.1 Å². The zero-order valence-electron chi connectivity index (χ0n) is 46.5. The minimum absolute atomic E-state index is 0.000883. The van der Waals surface area contributed by atoms with E-state index in [0.29, 0.717) is 42.5 Å². The number of nitrogens with zero attached hydrogens (tertiary/aromatic N) is 8. The number of imide groups is 1. The van der Waals surface area contributed by atoms with Crippen LogP contribution in [0, 0.1) is 5.82 Å². The van der Waals surface area contributed by atoms with Crippen molar-refractivity contribution in [3.05, 3.63) is 69.4 Å². The van der Waals surface area contributed by atoms with Crippen LogP contribution in [0.15, 0.2) is 52.7 Å². The highest BCUT2D eigenvalue weighted by Crippen LogP contribution is 2.40. The lowest BCUT2D eigenvalue weighted by Crippen LogP contribution is -2.36. The first-order valence-electron chi connectivity index (χ1n) is 25.1. The van der Waals surface area contributed by atoms with Crippen LogP contribution in [0.1, 0.15) is 89.4 Å². The van der Waals surface area contributed by atoms with Crippen molar-refractivity contribution in [1.29, 1.82) is 0 Å². The number of aromatic nitrogens is 6. The molecule has 3 aromatic heterocycles. The number of nitrogens with two attached hydrogens (primary N) is 1. The lowest BCUT2D eigenvalue weighted by atomic mass is 9.93. The van der Waals surface area contributed by atoms with Gasteiger partial charge < -0.3 is 50.2 Å². The molecular weight excluding hydrogens is 1160 g/mol. The molecule has 1 aromatic carbocycles. The fourth-order valence-electron chi connectivity index (χ4n) is 6.86. The molecule has 82 heavy (non-hydrogen) atoms. The van der Waals surface area contributed by atoms with E-state index in [-0.39, 0.29) is 63.6 Å². The van der Waals surface area contributed by atoms with Crippen molar-refractivity contribution in [1.82, 2.24) is 39.5 Å². The van der Waals surface area contributed by atoms with Crippen molar-refractivity contribution in [3.63, 3.8) is 0 Å². The minimum atomic E-state index is -4.46. The Morgan fingerprint density at radius 2 is 1.54 bits per heavy atom. The molecule has 0 fully saturated rings. The molecule has 2 aliphatic rings. The van der Waals surface area contributed by atoms with E-state index < -0.39 is 76.6 Å². The Labute approximate surface area is 483 Å². The number of esters is 1. The molecule has 28 nitrogen and oxygen atoms in total. The van der Waals surface area contributed by atoms with Crippen molar-refractivity contribution in [2.75, 3.05) is 81.8 Å². The van der Waals surface area contributed by atoms with E-state index in [0.717, 1.165) is 49.6 Å². The van der Waals surface area contributed by atoms with Gasteiger partial charge in [-0.2, -0.15) is 33.3 Å². The molecule has 2 atom stereocenters. The predicted octanol–water partition coefficient (Wildman–Crippen LogP) is 5.90. The van der Waals surface area contributed by atoms with Crippen molar-refractivity contribution >= 4 is 99.8 Å². The average Bonchev–Trinajstić information content (AvgIpc) is 3.82. The number of carboxylic acid groups (broad SMARTS) is 1. The number of anilines is 4. The van der Waals surface area contributed by atoms with Gasteiger partial charge in [0.05, 0.1) is 43.2 Å². The number of hydrogen-bond acceptors (Lipinski definition) is 22. The van der Waals surface area contributed by atoms with Crippen molar-refractivity contribution in [3.8, 4) is 17.5 Å². The molecule has 8 N–H and O–H groups in total. The maximum atomic E-state index is 14.5. The Bertz CT molecular complexity index is 3050. The summed E-state index contributed by atoms with van der Waals surface area (Å²) >= 11 is 11.7. The molecule has 0 radical (unpaired) electrons. The summed E-state index contributed by atoms with van der Waals surface area (Å²) in [6.07, 6.45) is 6.59. The fourth-order valence-corrected chi connectivity index (χ4v) is 9.02. The summed E-state index contributed by atoms with van der Waals surface area (Å²) in [6, 6.07) is 4.28. The van der Waals surface area contributed by atoms with Crippen molar-refractivity contribution in [2.45, 2.75) is 96.2 Å². The molecule has 0 spiro atoms. The Kier molecular flexibility index (Phi) is 27.7. The monoisotopic (exact) mass is 1230 g/mol. The topological polar surface area (TPSA) is 389 Å². The molecule has 1 aliphatic carbocycles. The number of nitrogens with one attached hydrogen (secondary N) is 4. The number of methoxy groups -OCH3 is 2. The third kappa shape index (κ3) is 22.2. The quantitative estimate of drug-likeness (QED) is 0.0208. The van der Waals surface area contributed by atoms with E-state index in [4.69, 9.17) is 57.9 Å². The standard InChI is InChI=1S/C21H23ClFNO5.C15H18N6O6S.C8H14ClN5.C5H12NO4P/c1-2-3-6-9-28-19(25)12-29-18-11-17(16(23)10-15(18)22)24-20(26)13-7-4-5-8-14(13)21(24)27;1-21(2)13(22)9-6-5-7-16-12(9)28(24,25)20-15(23)19-14-17-10(26-3)8-11(18-14)27-4;1-4-10-7-12-6(9)13-8(14-7)11-5(2)3;1-11(9,10)3-2-4(6)5(7)8/h10-11H,2-9,12H2,1H3;5-8H,1-4H3,(H2,17,18,19,20,23);5H,4H2,1-3H3,(H2,10,11,12,13,14);4H,2-3,6H2,1H3,(H,7,8)(H,9,10). The first-order chi connectivity index (χ1) is 38.5. The van der Waals surface area contributed by atoms with Crippen LogP contribution < -0.4 is 45.5 Å². The molecule has 0 saturated carbocycles. The van der Waals surface area contributed by atoms with E-state index >= 15 is 0 Å². The molecule has 5 amide bonds. The SMILES string of the molecule is CCCCCOC(=O)COc1cc(N2C(=O)C3=C(CCCC3)C2=O)c(F)cc1Cl.CCNc1nc(Cl)nc(NC(C)C)n1.COc1cc(OC)nc(NC(=O)NS(=O)(=O)c2ncccc2C(=O)N(C)C)n1.CP(=O)(O)CCC(N)C(=O)O. The number of hydrogen-bond donors (Lipinski definition) is 7. The van der Waals surface area contributed by atoms with E-state index in [1.54, 1.807) is 4.72 Å². The largest absolute Gasteiger partial charge is 0.481 e. The lowest BCUT2D eigenvalue weighted by Gasteiger charge is -2.18. The Morgan fingerprint density at radius 3 is 2.07 bits per heavy atom. The van der Waals surface area contributed by atoms with Gasteiger partial charge in [0.1, 0.15) is 17.6 Å². The zero-order valence-corrected chi connectivity index (χ0v) is 49.7. The number of benzene rings is 1. The van der Waals surface area contributed by atoms with Gasteiger partial charge >= 0.3 is 18.0 Å². The molecule has 4 aromatic rings. The Balaban J connectivity index is 0.000000308. The smallest absolute Gasteiger partial charge is 0.344 e. The predicted molar refractivity (Wildman–Crippen MR) is 301 cm³/mol. The summed E-state index contributed by atoms with van der Waals surface area (Å²) in [5, 5.41) is 16.0. The van der Waals surface area contributed by atoms with Crippen LogP contribution in [0.4, 0.5) is 32.7 Å². The molecule has 450 valence electrons. The zero-order chi connectivity index (χ0) is 61.5. The second-order valence-electron chi connectivity index (χ2n) is 18.0. The van der Waals surface area contributed by atoms with Gasteiger partial charge in [-0.15, -0.1) is 0 Å². The molecule has 0 saturated heterocycles. The first kappa shape index (κ1) is 68.9.